The molecule has 0 amide bonds. The van der Waals surface area contributed by atoms with Crippen LogP contribution in [-0.4, -0.2) is 11.1 Å². The predicted molar refractivity (Wildman–Crippen MR) is 71.7 cm³/mol. The fourth-order valence-corrected chi connectivity index (χ4v) is 2.10. The minimum absolute atomic E-state index is 0.0757. The Morgan fingerprint density at radius 3 is 2.37 bits per heavy atom. The van der Waals surface area contributed by atoms with Gasteiger partial charge in [-0.3, -0.25) is 4.79 Å². The van der Waals surface area contributed by atoms with Crippen molar-refractivity contribution in [3.63, 3.8) is 0 Å². The minimum atomic E-state index is -1.06. The van der Waals surface area contributed by atoms with Crippen LogP contribution in [0.5, 0.6) is 0 Å². The number of aryl methyl sites for hydroxylation is 1. The van der Waals surface area contributed by atoms with Gasteiger partial charge in [-0.25, -0.2) is 4.79 Å². The van der Waals surface area contributed by atoms with Crippen LogP contribution in [0.1, 0.15) is 15.9 Å². The highest BCUT2D eigenvalue weighted by molar-refractivity contribution is 5.96. The fourth-order valence-electron chi connectivity index (χ4n) is 2.10. The second kappa shape index (κ2) is 3.95. The Morgan fingerprint density at radius 1 is 1.05 bits per heavy atom. The van der Waals surface area contributed by atoms with Crippen molar-refractivity contribution in [2.45, 2.75) is 6.92 Å². The molecule has 3 rings (SSSR count). The molecule has 0 fully saturated rings. The largest absolute Gasteiger partial charge is 0.478 e. The van der Waals surface area contributed by atoms with Gasteiger partial charge in [0.25, 0.3) is 0 Å². The third-order valence-corrected chi connectivity index (χ3v) is 3.07. The molecule has 0 unspecified atom stereocenters. The van der Waals surface area contributed by atoms with Gasteiger partial charge in [0.1, 0.15) is 11.2 Å². The maximum Gasteiger partial charge on any atom is 0.335 e. The average Bonchev–Trinajstić information content (AvgIpc) is 2.39. The first-order valence-electron chi connectivity index (χ1n) is 5.77. The van der Waals surface area contributed by atoms with E-state index in [9.17, 15) is 9.59 Å². The lowest BCUT2D eigenvalue weighted by Crippen LogP contribution is -2.04. The van der Waals surface area contributed by atoms with Gasteiger partial charge in [0.2, 0.25) is 5.43 Å². The van der Waals surface area contributed by atoms with Crippen molar-refractivity contribution in [1.29, 1.82) is 0 Å². The second-order valence-electron chi connectivity index (χ2n) is 4.45. The molecule has 94 valence electrons. The van der Waals surface area contributed by atoms with Crippen LogP contribution in [0.4, 0.5) is 0 Å². The quantitative estimate of drug-likeness (QED) is 0.678. The molecule has 3 aromatic rings. The summed E-state index contributed by atoms with van der Waals surface area (Å²) in [5, 5.41) is 9.72. The van der Waals surface area contributed by atoms with Gasteiger partial charge in [-0.05, 0) is 37.3 Å². The van der Waals surface area contributed by atoms with E-state index in [-0.39, 0.29) is 16.4 Å². The first-order chi connectivity index (χ1) is 9.06. The summed E-state index contributed by atoms with van der Waals surface area (Å²) in [6.07, 6.45) is 0. The standard InChI is InChI=1S/C15H10O4/c1-8-2-4-12-10(6-8)14(16)11-7-9(15(17)18)3-5-13(11)19-12/h2-7H,1H3,(H,17,18). The van der Waals surface area contributed by atoms with Gasteiger partial charge in [0, 0.05) is 0 Å². The molecule has 0 atom stereocenters. The number of rotatable bonds is 1. The van der Waals surface area contributed by atoms with E-state index in [0.29, 0.717) is 16.6 Å². The Bertz CT molecular complexity index is 874. The van der Waals surface area contributed by atoms with E-state index in [1.165, 1.54) is 18.2 Å². The number of hydrogen-bond donors (Lipinski definition) is 1. The zero-order chi connectivity index (χ0) is 13.6. The molecule has 0 bridgehead atoms. The summed E-state index contributed by atoms with van der Waals surface area (Å²) >= 11 is 0. The molecule has 1 heterocycles. The van der Waals surface area contributed by atoms with E-state index in [1.54, 1.807) is 12.1 Å². The number of hydrogen-bond acceptors (Lipinski definition) is 3. The summed E-state index contributed by atoms with van der Waals surface area (Å²) < 4.78 is 5.62. The molecule has 0 saturated heterocycles. The zero-order valence-corrected chi connectivity index (χ0v) is 10.1. The van der Waals surface area contributed by atoms with Gasteiger partial charge in [-0.2, -0.15) is 0 Å². The van der Waals surface area contributed by atoms with Crippen molar-refractivity contribution in [2.75, 3.05) is 0 Å². The molecular formula is C15H10O4. The molecule has 0 aliphatic carbocycles. The summed E-state index contributed by atoms with van der Waals surface area (Å²) in [6.45, 7) is 1.89. The fraction of sp³-hybridized carbons (Fsp3) is 0.0667. The zero-order valence-electron chi connectivity index (χ0n) is 10.1. The molecule has 19 heavy (non-hydrogen) atoms. The number of fused-ring (bicyclic) bond motifs is 2. The van der Waals surface area contributed by atoms with Crippen molar-refractivity contribution in [3.05, 3.63) is 57.7 Å². The molecule has 0 spiro atoms. The first kappa shape index (κ1) is 11.5. The Hall–Kier alpha value is -2.62. The maximum absolute atomic E-state index is 12.4. The normalized spacial score (nSPS) is 11.0. The van der Waals surface area contributed by atoms with Crippen LogP contribution in [0, 0.1) is 6.92 Å². The van der Waals surface area contributed by atoms with Crippen molar-refractivity contribution in [2.24, 2.45) is 0 Å². The molecule has 0 aliphatic heterocycles. The topological polar surface area (TPSA) is 67.5 Å². The summed E-state index contributed by atoms with van der Waals surface area (Å²) in [5.74, 6) is -1.06. The van der Waals surface area contributed by atoms with E-state index in [1.807, 2.05) is 13.0 Å². The summed E-state index contributed by atoms with van der Waals surface area (Å²) in [6, 6.07) is 9.64. The molecule has 1 N–H and O–H groups in total. The molecule has 0 saturated carbocycles. The van der Waals surface area contributed by atoms with Crippen molar-refractivity contribution >= 4 is 27.9 Å². The Morgan fingerprint density at radius 2 is 1.68 bits per heavy atom. The molecule has 4 nitrogen and oxygen atoms in total. The van der Waals surface area contributed by atoms with Gasteiger partial charge in [0.15, 0.2) is 0 Å². The maximum atomic E-state index is 12.4. The molecule has 4 heteroatoms. The lowest BCUT2D eigenvalue weighted by atomic mass is 10.1. The van der Waals surface area contributed by atoms with E-state index >= 15 is 0 Å². The third kappa shape index (κ3) is 1.78. The lowest BCUT2D eigenvalue weighted by molar-refractivity contribution is 0.0697. The first-order valence-corrected chi connectivity index (χ1v) is 5.77. The van der Waals surface area contributed by atoms with Crippen LogP contribution < -0.4 is 5.43 Å². The minimum Gasteiger partial charge on any atom is -0.478 e. The highest BCUT2D eigenvalue weighted by atomic mass is 16.4. The van der Waals surface area contributed by atoms with Crippen LogP contribution in [0.15, 0.2) is 45.6 Å². The summed E-state index contributed by atoms with van der Waals surface area (Å²) in [5.41, 5.74) is 1.72. The lowest BCUT2D eigenvalue weighted by Gasteiger charge is -2.03. The molecule has 2 aromatic carbocycles. The average molecular weight is 254 g/mol. The van der Waals surface area contributed by atoms with Crippen LogP contribution in [0.2, 0.25) is 0 Å². The van der Waals surface area contributed by atoms with E-state index in [2.05, 4.69) is 0 Å². The molecule has 0 aliphatic rings. The van der Waals surface area contributed by atoms with Gasteiger partial charge >= 0.3 is 5.97 Å². The summed E-state index contributed by atoms with van der Waals surface area (Å²) in [4.78, 5) is 23.3. The second-order valence-corrected chi connectivity index (χ2v) is 4.45. The Kier molecular flexibility index (Phi) is 2.38. The van der Waals surface area contributed by atoms with Gasteiger partial charge in [-0.1, -0.05) is 11.6 Å². The van der Waals surface area contributed by atoms with Crippen LogP contribution in [0.3, 0.4) is 0 Å². The number of carboxylic acid groups (broad SMARTS) is 1. The van der Waals surface area contributed by atoms with E-state index < -0.39 is 5.97 Å². The number of carboxylic acids is 1. The van der Waals surface area contributed by atoms with Crippen molar-refractivity contribution < 1.29 is 14.3 Å². The number of aromatic carboxylic acids is 1. The monoisotopic (exact) mass is 254 g/mol. The van der Waals surface area contributed by atoms with Gasteiger partial charge in [-0.15, -0.1) is 0 Å². The number of carbonyl (C=O) groups is 1. The third-order valence-electron chi connectivity index (χ3n) is 3.07. The van der Waals surface area contributed by atoms with Gasteiger partial charge in [0.05, 0.1) is 16.3 Å². The van der Waals surface area contributed by atoms with Crippen molar-refractivity contribution in [3.8, 4) is 0 Å². The van der Waals surface area contributed by atoms with Crippen LogP contribution in [0.25, 0.3) is 21.9 Å². The molecular weight excluding hydrogens is 244 g/mol. The van der Waals surface area contributed by atoms with E-state index in [0.717, 1.165) is 5.56 Å². The van der Waals surface area contributed by atoms with Crippen molar-refractivity contribution in [1.82, 2.24) is 0 Å². The predicted octanol–water partition coefficient (Wildman–Crippen LogP) is 2.95. The Labute approximate surface area is 107 Å². The highest BCUT2D eigenvalue weighted by Gasteiger charge is 2.10. The SMILES string of the molecule is Cc1ccc2oc3ccc(C(=O)O)cc3c(=O)c2c1. The Balaban J connectivity index is 2.48. The molecule has 1 aromatic heterocycles. The number of benzene rings is 2. The van der Waals surface area contributed by atoms with Crippen LogP contribution >= 0.6 is 0 Å². The van der Waals surface area contributed by atoms with Gasteiger partial charge < -0.3 is 9.52 Å². The van der Waals surface area contributed by atoms with Crippen LogP contribution in [-0.2, 0) is 0 Å². The molecule has 0 radical (unpaired) electrons. The summed E-state index contributed by atoms with van der Waals surface area (Å²) in [7, 11) is 0. The highest BCUT2D eigenvalue weighted by Crippen LogP contribution is 2.20. The van der Waals surface area contributed by atoms with E-state index in [4.69, 9.17) is 9.52 Å². The smallest absolute Gasteiger partial charge is 0.335 e.